The van der Waals surface area contributed by atoms with Crippen LogP contribution in [0.4, 0.5) is 0 Å². The summed E-state index contributed by atoms with van der Waals surface area (Å²) < 4.78 is 10.9. The molecule has 0 aliphatic carbocycles. The molecule has 0 spiro atoms. The predicted octanol–water partition coefficient (Wildman–Crippen LogP) is 3.59. The largest absolute Gasteiger partial charge is 0.467 e. The number of nitrogens with zero attached hydrogens (tertiary/aromatic N) is 1. The molecular formula is C23H27NO4. The minimum atomic E-state index is -0.753. The van der Waals surface area contributed by atoms with E-state index in [9.17, 15) is 9.59 Å². The topological polar surface area (TPSA) is 55.8 Å². The predicted molar refractivity (Wildman–Crippen MR) is 107 cm³/mol. The molecule has 1 aliphatic heterocycles. The number of esters is 1. The standard InChI is InChI=1S/C23H27NO4/c1-23(2,3)22-24(18(15-28-22)21(26)27-4)20(25)19(16-11-7-5-8-12-16)17-13-9-6-10-14-17/h5-14,18-19,22H,15H2,1-4H3/t18-,22+/m0/s1. The van der Waals surface area contributed by atoms with E-state index < -0.39 is 24.2 Å². The van der Waals surface area contributed by atoms with Crippen LogP contribution in [-0.2, 0) is 19.1 Å². The SMILES string of the molecule is COC(=O)[C@@H]1CO[C@H](C(C)(C)C)N1C(=O)C(c1ccccc1)c1ccccc1. The Morgan fingerprint density at radius 2 is 1.50 bits per heavy atom. The zero-order valence-corrected chi connectivity index (χ0v) is 16.8. The lowest BCUT2D eigenvalue weighted by Gasteiger charge is -2.37. The molecule has 5 nitrogen and oxygen atoms in total. The van der Waals surface area contributed by atoms with Crippen LogP contribution in [0, 0.1) is 5.41 Å². The summed E-state index contributed by atoms with van der Waals surface area (Å²) in [4.78, 5) is 27.9. The molecular weight excluding hydrogens is 354 g/mol. The Hall–Kier alpha value is -2.66. The molecule has 1 saturated heterocycles. The van der Waals surface area contributed by atoms with Crippen LogP contribution in [0.1, 0.15) is 37.8 Å². The van der Waals surface area contributed by atoms with Crippen molar-refractivity contribution in [2.45, 2.75) is 39.0 Å². The van der Waals surface area contributed by atoms with Gasteiger partial charge in [-0.25, -0.2) is 4.79 Å². The van der Waals surface area contributed by atoms with Gasteiger partial charge in [0.1, 0.15) is 6.23 Å². The van der Waals surface area contributed by atoms with Gasteiger partial charge in [-0.1, -0.05) is 81.4 Å². The van der Waals surface area contributed by atoms with Crippen molar-refractivity contribution in [2.75, 3.05) is 13.7 Å². The highest BCUT2D eigenvalue weighted by molar-refractivity contribution is 5.91. The maximum absolute atomic E-state index is 13.9. The van der Waals surface area contributed by atoms with E-state index in [-0.39, 0.29) is 17.9 Å². The number of ether oxygens (including phenoxy) is 2. The molecule has 2 aromatic carbocycles. The fraction of sp³-hybridized carbons (Fsp3) is 0.391. The van der Waals surface area contributed by atoms with E-state index >= 15 is 0 Å². The highest BCUT2D eigenvalue weighted by atomic mass is 16.5. The summed E-state index contributed by atoms with van der Waals surface area (Å²) in [7, 11) is 1.33. The summed E-state index contributed by atoms with van der Waals surface area (Å²) in [6, 6.07) is 18.5. The second kappa shape index (κ2) is 8.15. The summed E-state index contributed by atoms with van der Waals surface area (Å²) in [6.07, 6.45) is -0.515. The number of carbonyl (C=O) groups excluding carboxylic acids is 2. The molecule has 2 atom stereocenters. The molecule has 2 aromatic rings. The third kappa shape index (κ3) is 3.94. The molecule has 148 valence electrons. The Balaban J connectivity index is 2.08. The lowest BCUT2D eigenvalue weighted by atomic mass is 9.87. The smallest absolute Gasteiger partial charge is 0.331 e. The zero-order chi connectivity index (χ0) is 20.3. The van der Waals surface area contributed by atoms with E-state index in [1.165, 1.54) is 7.11 Å². The van der Waals surface area contributed by atoms with Crippen molar-refractivity contribution < 1.29 is 19.1 Å². The first-order valence-corrected chi connectivity index (χ1v) is 9.46. The first-order valence-electron chi connectivity index (χ1n) is 9.46. The molecule has 1 heterocycles. The van der Waals surface area contributed by atoms with Gasteiger partial charge in [0.05, 0.1) is 19.6 Å². The van der Waals surface area contributed by atoms with Gasteiger partial charge in [0.2, 0.25) is 5.91 Å². The number of rotatable bonds is 4. The van der Waals surface area contributed by atoms with Crippen LogP contribution in [0.2, 0.25) is 0 Å². The van der Waals surface area contributed by atoms with Crippen molar-refractivity contribution >= 4 is 11.9 Å². The summed E-state index contributed by atoms with van der Waals surface area (Å²) >= 11 is 0. The minimum Gasteiger partial charge on any atom is -0.467 e. The van der Waals surface area contributed by atoms with Gasteiger partial charge < -0.3 is 9.47 Å². The summed E-state index contributed by atoms with van der Waals surface area (Å²) in [5.74, 6) is -1.15. The van der Waals surface area contributed by atoms with E-state index in [0.29, 0.717) is 0 Å². The molecule has 0 bridgehead atoms. The van der Waals surface area contributed by atoms with E-state index in [1.807, 2.05) is 81.4 Å². The van der Waals surface area contributed by atoms with Crippen molar-refractivity contribution in [1.29, 1.82) is 0 Å². The summed E-state index contributed by atoms with van der Waals surface area (Å²) in [5, 5.41) is 0. The quantitative estimate of drug-likeness (QED) is 0.760. The second-order valence-electron chi connectivity index (χ2n) is 8.09. The Labute approximate surface area is 166 Å². The molecule has 5 heteroatoms. The van der Waals surface area contributed by atoms with Gasteiger partial charge in [0.25, 0.3) is 0 Å². The Morgan fingerprint density at radius 3 is 1.93 bits per heavy atom. The van der Waals surface area contributed by atoms with Gasteiger partial charge in [0.15, 0.2) is 6.04 Å². The maximum atomic E-state index is 13.9. The summed E-state index contributed by atoms with van der Waals surface area (Å²) in [5.41, 5.74) is 1.40. The minimum absolute atomic E-state index is 0.136. The Kier molecular flexibility index (Phi) is 5.84. The molecule has 3 rings (SSSR count). The molecule has 0 saturated carbocycles. The first kappa shape index (κ1) is 20.1. The van der Waals surface area contributed by atoms with Crippen molar-refractivity contribution in [3.63, 3.8) is 0 Å². The van der Waals surface area contributed by atoms with Gasteiger partial charge >= 0.3 is 5.97 Å². The maximum Gasteiger partial charge on any atom is 0.331 e. The van der Waals surface area contributed by atoms with Crippen molar-refractivity contribution in [2.24, 2.45) is 5.41 Å². The van der Waals surface area contributed by atoms with Gasteiger partial charge in [-0.3, -0.25) is 9.69 Å². The van der Waals surface area contributed by atoms with Gasteiger partial charge in [-0.05, 0) is 11.1 Å². The number of carbonyl (C=O) groups is 2. The average molecular weight is 381 g/mol. The van der Waals surface area contributed by atoms with Crippen LogP contribution in [0.5, 0.6) is 0 Å². The molecule has 1 aliphatic rings. The second-order valence-corrected chi connectivity index (χ2v) is 8.09. The Morgan fingerprint density at radius 1 is 1.00 bits per heavy atom. The average Bonchev–Trinajstić information content (AvgIpc) is 3.15. The van der Waals surface area contributed by atoms with Crippen LogP contribution in [0.15, 0.2) is 60.7 Å². The van der Waals surface area contributed by atoms with Crippen molar-refractivity contribution in [1.82, 2.24) is 4.90 Å². The van der Waals surface area contributed by atoms with Crippen molar-refractivity contribution in [3.8, 4) is 0 Å². The normalized spacial score (nSPS) is 19.7. The highest BCUT2D eigenvalue weighted by Gasteiger charge is 2.49. The molecule has 28 heavy (non-hydrogen) atoms. The number of methoxy groups -OCH3 is 1. The lowest BCUT2D eigenvalue weighted by Crippen LogP contribution is -2.52. The van der Waals surface area contributed by atoms with E-state index in [0.717, 1.165) is 11.1 Å². The third-order valence-electron chi connectivity index (χ3n) is 4.98. The van der Waals surface area contributed by atoms with E-state index in [1.54, 1.807) is 4.90 Å². The molecule has 1 fully saturated rings. The molecule has 0 radical (unpaired) electrons. The highest BCUT2D eigenvalue weighted by Crippen LogP contribution is 2.36. The van der Waals surface area contributed by atoms with Crippen molar-refractivity contribution in [3.05, 3.63) is 71.8 Å². The molecule has 0 aromatic heterocycles. The first-order chi connectivity index (χ1) is 13.3. The van der Waals surface area contributed by atoms with Crippen LogP contribution >= 0.6 is 0 Å². The third-order valence-corrected chi connectivity index (χ3v) is 4.98. The lowest BCUT2D eigenvalue weighted by molar-refractivity contribution is -0.156. The zero-order valence-electron chi connectivity index (χ0n) is 16.8. The van der Waals surface area contributed by atoms with Crippen LogP contribution in [-0.4, -0.2) is 42.8 Å². The van der Waals surface area contributed by atoms with E-state index in [2.05, 4.69) is 0 Å². The molecule has 0 unspecified atom stereocenters. The summed E-state index contributed by atoms with van der Waals surface area (Å²) in [6.45, 7) is 6.13. The number of hydrogen-bond acceptors (Lipinski definition) is 4. The van der Waals surface area contributed by atoms with Gasteiger partial charge in [-0.15, -0.1) is 0 Å². The monoisotopic (exact) mass is 381 g/mol. The van der Waals surface area contributed by atoms with Crippen LogP contribution in [0.3, 0.4) is 0 Å². The van der Waals surface area contributed by atoms with Crippen LogP contribution < -0.4 is 0 Å². The van der Waals surface area contributed by atoms with Gasteiger partial charge in [-0.2, -0.15) is 0 Å². The molecule has 1 amide bonds. The number of hydrogen-bond donors (Lipinski definition) is 0. The fourth-order valence-electron chi connectivity index (χ4n) is 3.68. The number of benzene rings is 2. The van der Waals surface area contributed by atoms with Crippen LogP contribution in [0.25, 0.3) is 0 Å². The fourth-order valence-corrected chi connectivity index (χ4v) is 3.68. The number of amides is 1. The van der Waals surface area contributed by atoms with Gasteiger partial charge in [0, 0.05) is 5.41 Å². The molecule has 0 N–H and O–H groups in total. The Bertz CT molecular complexity index is 774. The van der Waals surface area contributed by atoms with E-state index in [4.69, 9.17) is 9.47 Å².